The zero-order valence-corrected chi connectivity index (χ0v) is 29.1. The fourth-order valence-electron chi connectivity index (χ4n) is 6.90. The van der Waals surface area contributed by atoms with Gasteiger partial charge in [-0.05, 0) is 114 Å². The van der Waals surface area contributed by atoms with Gasteiger partial charge in [-0.2, -0.15) is 0 Å². The standard InChI is InChI=1S/2C21H26O2/c2*1-5-6-7-8-15-12-18(22)20-16-11-14(2)9-10-17(16)21(3,4)23-19(20)13-15/h2*9-13,22H,5-8H2,1-4H3. The van der Waals surface area contributed by atoms with Gasteiger partial charge in [-0.1, -0.05) is 87.1 Å². The molecule has 0 aromatic heterocycles. The van der Waals surface area contributed by atoms with Crippen molar-refractivity contribution in [2.24, 2.45) is 0 Å². The van der Waals surface area contributed by atoms with Crippen molar-refractivity contribution in [1.29, 1.82) is 0 Å². The molecule has 0 radical (unpaired) electrons. The van der Waals surface area contributed by atoms with Crippen LogP contribution in [-0.4, -0.2) is 10.2 Å². The third kappa shape index (κ3) is 6.92. The summed E-state index contributed by atoms with van der Waals surface area (Å²) < 4.78 is 12.5. The van der Waals surface area contributed by atoms with Crippen molar-refractivity contribution in [3.05, 3.63) is 94.0 Å². The minimum absolute atomic E-state index is 0.330. The molecule has 0 aliphatic carbocycles. The minimum Gasteiger partial charge on any atom is -0.507 e. The average Bonchev–Trinajstić information content (AvgIpc) is 2.96. The van der Waals surface area contributed by atoms with Gasteiger partial charge >= 0.3 is 0 Å². The molecule has 4 aromatic rings. The van der Waals surface area contributed by atoms with Gasteiger partial charge in [0.05, 0.1) is 11.1 Å². The maximum Gasteiger partial charge on any atom is 0.132 e. The van der Waals surface area contributed by atoms with E-state index in [-0.39, 0.29) is 11.2 Å². The van der Waals surface area contributed by atoms with E-state index >= 15 is 0 Å². The number of ether oxygens (including phenoxy) is 2. The first-order valence-electron chi connectivity index (χ1n) is 17.2. The lowest BCUT2D eigenvalue weighted by molar-refractivity contribution is 0.105. The monoisotopic (exact) mass is 620 g/mol. The fourth-order valence-corrected chi connectivity index (χ4v) is 6.90. The summed E-state index contributed by atoms with van der Waals surface area (Å²) in [5.41, 5.74) is 10.0. The molecule has 0 atom stereocenters. The van der Waals surface area contributed by atoms with Crippen molar-refractivity contribution < 1.29 is 19.7 Å². The lowest BCUT2D eigenvalue weighted by atomic mass is 9.84. The second-order valence-electron chi connectivity index (χ2n) is 14.2. The zero-order valence-electron chi connectivity index (χ0n) is 29.1. The Balaban J connectivity index is 0.000000181. The van der Waals surface area contributed by atoms with Gasteiger partial charge in [-0.15, -0.1) is 0 Å². The number of fused-ring (bicyclic) bond motifs is 6. The number of aromatic hydroxyl groups is 2. The average molecular weight is 621 g/mol. The third-order valence-electron chi connectivity index (χ3n) is 9.34. The summed E-state index contributed by atoms with van der Waals surface area (Å²) >= 11 is 0. The first-order valence-corrected chi connectivity index (χ1v) is 17.2. The number of phenols is 2. The van der Waals surface area contributed by atoms with Gasteiger partial charge in [0.1, 0.15) is 34.2 Å². The van der Waals surface area contributed by atoms with Crippen molar-refractivity contribution in [2.45, 2.75) is 118 Å². The Labute approximate surface area is 276 Å². The van der Waals surface area contributed by atoms with Crippen molar-refractivity contribution in [2.75, 3.05) is 0 Å². The number of hydrogen-bond donors (Lipinski definition) is 2. The van der Waals surface area contributed by atoms with Gasteiger partial charge in [0.25, 0.3) is 0 Å². The van der Waals surface area contributed by atoms with Crippen molar-refractivity contribution in [3.63, 3.8) is 0 Å². The lowest BCUT2D eigenvalue weighted by Gasteiger charge is -2.35. The van der Waals surface area contributed by atoms with E-state index in [0.717, 1.165) is 81.7 Å². The Morgan fingerprint density at radius 1 is 0.543 bits per heavy atom. The molecule has 2 aliphatic heterocycles. The second kappa shape index (κ2) is 13.4. The van der Waals surface area contributed by atoms with Crippen LogP contribution in [0.1, 0.15) is 113 Å². The van der Waals surface area contributed by atoms with Crippen LogP contribution in [0, 0.1) is 13.8 Å². The summed E-state index contributed by atoms with van der Waals surface area (Å²) in [6.07, 6.45) is 9.10. The van der Waals surface area contributed by atoms with E-state index in [2.05, 4.69) is 104 Å². The Morgan fingerprint density at radius 2 is 0.935 bits per heavy atom. The van der Waals surface area contributed by atoms with Crippen LogP contribution in [0.4, 0.5) is 0 Å². The van der Waals surface area contributed by atoms with E-state index in [1.165, 1.54) is 36.8 Å². The predicted octanol–water partition coefficient (Wildman–Crippen LogP) is 11.5. The van der Waals surface area contributed by atoms with E-state index in [1.54, 1.807) is 0 Å². The van der Waals surface area contributed by atoms with Crippen molar-refractivity contribution >= 4 is 0 Å². The maximum absolute atomic E-state index is 10.6. The van der Waals surface area contributed by atoms with E-state index in [0.29, 0.717) is 11.5 Å². The molecular weight excluding hydrogens is 568 g/mol. The SMILES string of the molecule is CCCCCc1cc(O)c2c(c1)OC(C)(C)c1ccc(C)cc1-2.CCCCCc1cc(O)c2c(c1)OC(C)(C)c1ccc(C)cc1-2. The molecule has 0 unspecified atom stereocenters. The normalized spacial score (nSPS) is 14.8. The summed E-state index contributed by atoms with van der Waals surface area (Å²) in [7, 11) is 0. The molecule has 4 aromatic carbocycles. The summed E-state index contributed by atoms with van der Waals surface area (Å²) in [5.74, 6) is 2.27. The van der Waals surface area contributed by atoms with E-state index in [9.17, 15) is 10.2 Å². The maximum atomic E-state index is 10.6. The fraction of sp³-hybridized carbons (Fsp3) is 0.429. The highest BCUT2D eigenvalue weighted by atomic mass is 16.5. The number of aryl methyl sites for hydroxylation is 4. The van der Waals surface area contributed by atoms with E-state index in [1.807, 2.05) is 12.1 Å². The Hall–Kier alpha value is -3.92. The van der Waals surface area contributed by atoms with Crippen LogP contribution in [0.5, 0.6) is 23.0 Å². The quantitative estimate of drug-likeness (QED) is 0.192. The van der Waals surface area contributed by atoms with Crippen LogP contribution >= 0.6 is 0 Å². The van der Waals surface area contributed by atoms with Gasteiger partial charge in [-0.25, -0.2) is 0 Å². The molecule has 2 N–H and O–H groups in total. The highest BCUT2D eigenvalue weighted by molar-refractivity contribution is 5.83. The highest BCUT2D eigenvalue weighted by Crippen LogP contribution is 2.51. The smallest absolute Gasteiger partial charge is 0.132 e. The molecule has 0 bridgehead atoms. The third-order valence-corrected chi connectivity index (χ3v) is 9.34. The van der Waals surface area contributed by atoms with Crippen molar-refractivity contribution in [3.8, 4) is 45.3 Å². The largest absolute Gasteiger partial charge is 0.507 e. The Bertz CT molecular complexity index is 1580. The molecule has 6 rings (SSSR count). The van der Waals surface area contributed by atoms with E-state index < -0.39 is 0 Å². The van der Waals surface area contributed by atoms with Crippen LogP contribution in [0.15, 0.2) is 60.7 Å². The van der Waals surface area contributed by atoms with Crippen LogP contribution in [-0.2, 0) is 24.0 Å². The second-order valence-corrected chi connectivity index (χ2v) is 14.2. The molecule has 46 heavy (non-hydrogen) atoms. The minimum atomic E-state index is -0.384. The first kappa shape index (κ1) is 33.4. The van der Waals surface area contributed by atoms with Gasteiger partial charge in [0.15, 0.2) is 0 Å². The molecule has 0 amide bonds. The number of hydrogen-bond acceptors (Lipinski definition) is 4. The first-order chi connectivity index (χ1) is 21.8. The topological polar surface area (TPSA) is 58.9 Å². The van der Waals surface area contributed by atoms with Gasteiger partial charge in [-0.3, -0.25) is 0 Å². The molecule has 0 saturated carbocycles. The number of unbranched alkanes of at least 4 members (excludes halogenated alkanes) is 4. The van der Waals surface area contributed by atoms with Crippen LogP contribution < -0.4 is 9.47 Å². The summed E-state index contributed by atoms with van der Waals surface area (Å²) in [6.45, 7) is 16.9. The van der Waals surface area contributed by atoms with Crippen molar-refractivity contribution in [1.82, 2.24) is 0 Å². The van der Waals surface area contributed by atoms with Gasteiger partial charge in [0, 0.05) is 11.1 Å². The lowest BCUT2D eigenvalue weighted by Crippen LogP contribution is -2.29. The Morgan fingerprint density at radius 3 is 1.30 bits per heavy atom. The van der Waals surface area contributed by atoms with Gasteiger partial charge < -0.3 is 19.7 Å². The van der Waals surface area contributed by atoms with Crippen LogP contribution in [0.25, 0.3) is 22.3 Å². The zero-order chi connectivity index (χ0) is 33.2. The highest BCUT2D eigenvalue weighted by Gasteiger charge is 2.35. The molecule has 4 heteroatoms. The number of benzene rings is 4. The van der Waals surface area contributed by atoms with Crippen LogP contribution in [0.3, 0.4) is 0 Å². The van der Waals surface area contributed by atoms with Crippen LogP contribution in [0.2, 0.25) is 0 Å². The predicted molar refractivity (Wildman–Crippen MR) is 190 cm³/mol. The molecule has 0 spiro atoms. The molecule has 2 aliphatic rings. The molecule has 0 saturated heterocycles. The number of phenolic OH excluding ortho intramolecular Hbond substituents is 2. The summed E-state index contributed by atoms with van der Waals surface area (Å²) in [5, 5.41) is 21.2. The summed E-state index contributed by atoms with van der Waals surface area (Å²) in [6, 6.07) is 20.8. The Kier molecular flexibility index (Phi) is 9.77. The number of rotatable bonds is 8. The molecule has 244 valence electrons. The molecule has 2 heterocycles. The molecule has 0 fully saturated rings. The van der Waals surface area contributed by atoms with Gasteiger partial charge in [0.2, 0.25) is 0 Å². The molecular formula is C42H52O4. The molecule has 4 nitrogen and oxygen atoms in total. The summed E-state index contributed by atoms with van der Waals surface area (Å²) in [4.78, 5) is 0. The van der Waals surface area contributed by atoms with E-state index in [4.69, 9.17) is 9.47 Å².